The van der Waals surface area contributed by atoms with Crippen molar-refractivity contribution in [1.29, 1.82) is 0 Å². The molecule has 0 bridgehead atoms. The molecule has 1 N–H and O–H groups in total. The Morgan fingerprint density at radius 1 is 1.14 bits per heavy atom. The van der Waals surface area contributed by atoms with Crippen molar-refractivity contribution in [3.8, 4) is 0 Å². The van der Waals surface area contributed by atoms with Crippen LogP contribution in [0.4, 0.5) is 5.69 Å². The molecule has 3 aromatic rings. The lowest BCUT2D eigenvalue weighted by Crippen LogP contribution is -2.64. The molecule has 0 unspecified atom stereocenters. The molecule has 7 nitrogen and oxygen atoms in total. The summed E-state index contributed by atoms with van der Waals surface area (Å²) in [5.41, 5.74) is 3.59. The summed E-state index contributed by atoms with van der Waals surface area (Å²) in [7, 11) is 8.09. The van der Waals surface area contributed by atoms with E-state index in [2.05, 4.69) is 49.6 Å². The van der Waals surface area contributed by atoms with Crippen LogP contribution in [0.25, 0.3) is 10.2 Å². The Bertz CT molecular complexity index is 1250. The number of hydrogen-bond donors (Lipinski definition) is 1. The topological polar surface area (TPSA) is 71.5 Å². The molecule has 0 spiro atoms. The molecule has 0 saturated carbocycles. The summed E-state index contributed by atoms with van der Waals surface area (Å²) in [5, 5.41) is 3.94. The standard InChI is InChI=1S/C27H32N4O3S/c1-31(2,3)21-16-30(17-21)20-9-10-23-22(11-20)29-24(35-23)15-28-26(33)27(14-25(32)34-4)12-18-7-5-6-8-19(18)13-27/h5-11,21H,12-17H2,1-4H3/p+1. The van der Waals surface area contributed by atoms with Gasteiger partial charge in [0.15, 0.2) is 0 Å². The van der Waals surface area contributed by atoms with Crippen LogP contribution in [0.5, 0.6) is 0 Å². The van der Waals surface area contributed by atoms with Crippen molar-refractivity contribution >= 4 is 39.1 Å². The van der Waals surface area contributed by atoms with Gasteiger partial charge in [-0.1, -0.05) is 24.3 Å². The number of nitrogens with zero attached hydrogens (tertiary/aromatic N) is 3. The highest BCUT2D eigenvalue weighted by molar-refractivity contribution is 7.18. The summed E-state index contributed by atoms with van der Waals surface area (Å²) in [5.74, 6) is -0.482. The van der Waals surface area contributed by atoms with Crippen LogP contribution in [0.3, 0.4) is 0 Å². The second-order valence-corrected chi connectivity index (χ2v) is 11.9. The summed E-state index contributed by atoms with van der Waals surface area (Å²) < 4.78 is 7.01. The Kier molecular flexibility index (Phi) is 6.05. The normalized spacial score (nSPS) is 17.2. The molecule has 1 fully saturated rings. The predicted octanol–water partition coefficient (Wildman–Crippen LogP) is 3.16. The van der Waals surface area contributed by atoms with Crippen molar-refractivity contribution in [2.45, 2.75) is 31.8 Å². The van der Waals surface area contributed by atoms with E-state index in [9.17, 15) is 9.59 Å². The third kappa shape index (κ3) is 4.65. The van der Waals surface area contributed by atoms with Gasteiger partial charge >= 0.3 is 5.97 Å². The Morgan fingerprint density at radius 3 is 2.46 bits per heavy atom. The summed E-state index contributed by atoms with van der Waals surface area (Å²) in [6, 6.07) is 15.1. The van der Waals surface area contributed by atoms with Crippen molar-refractivity contribution in [1.82, 2.24) is 10.3 Å². The number of hydrogen-bond acceptors (Lipinski definition) is 6. The highest BCUT2D eigenvalue weighted by Crippen LogP contribution is 2.40. The third-order valence-electron chi connectivity index (χ3n) is 7.51. The van der Waals surface area contributed by atoms with Crippen molar-refractivity contribution in [2.24, 2.45) is 5.41 Å². The van der Waals surface area contributed by atoms with Crippen LogP contribution in [0, 0.1) is 5.41 Å². The van der Waals surface area contributed by atoms with E-state index in [1.54, 1.807) is 11.3 Å². The Morgan fingerprint density at radius 2 is 1.83 bits per heavy atom. The first-order valence-electron chi connectivity index (χ1n) is 12.0. The molecular weight excluding hydrogens is 460 g/mol. The van der Waals surface area contributed by atoms with E-state index in [0.717, 1.165) is 43.9 Å². The van der Waals surface area contributed by atoms with Crippen LogP contribution in [0.2, 0.25) is 0 Å². The molecule has 2 aromatic carbocycles. The number of carbonyl (C=O) groups excluding carboxylic acids is 2. The molecule has 0 radical (unpaired) electrons. The van der Waals surface area contributed by atoms with Crippen LogP contribution >= 0.6 is 11.3 Å². The number of quaternary nitrogens is 1. The Balaban J connectivity index is 1.27. The van der Waals surface area contributed by atoms with Gasteiger partial charge in [0, 0.05) is 5.69 Å². The number of rotatable bonds is 7. The van der Waals surface area contributed by atoms with Crippen LogP contribution in [0.15, 0.2) is 42.5 Å². The lowest BCUT2D eigenvalue weighted by molar-refractivity contribution is -0.896. The number of nitrogens with one attached hydrogen (secondary N) is 1. The lowest BCUT2D eigenvalue weighted by Gasteiger charge is -2.47. The zero-order chi connectivity index (χ0) is 24.8. The largest absolute Gasteiger partial charge is 0.469 e. The summed E-state index contributed by atoms with van der Waals surface area (Å²) in [4.78, 5) is 32.8. The van der Waals surface area contributed by atoms with Gasteiger partial charge in [-0.2, -0.15) is 0 Å². The minimum Gasteiger partial charge on any atom is -0.469 e. The molecule has 1 saturated heterocycles. The fraction of sp³-hybridized carbons (Fsp3) is 0.444. The van der Waals surface area contributed by atoms with Crippen LogP contribution < -0.4 is 10.2 Å². The highest BCUT2D eigenvalue weighted by atomic mass is 32.1. The molecule has 5 rings (SSSR count). The van der Waals surface area contributed by atoms with Gasteiger partial charge in [-0.15, -0.1) is 11.3 Å². The van der Waals surface area contributed by atoms with E-state index < -0.39 is 5.41 Å². The number of amides is 1. The lowest BCUT2D eigenvalue weighted by atomic mass is 9.80. The number of likely N-dealkylation sites (N-methyl/N-ethyl adjacent to an activating group) is 1. The highest BCUT2D eigenvalue weighted by Gasteiger charge is 2.45. The van der Waals surface area contributed by atoms with Crippen molar-refractivity contribution < 1.29 is 18.8 Å². The fourth-order valence-electron chi connectivity index (χ4n) is 5.14. The van der Waals surface area contributed by atoms with Gasteiger partial charge in [0.1, 0.15) is 11.0 Å². The smallest absolute Gasteiger partial charge is 0.306 e. The van der Waals surface area contributed by atoms with E-state index >= 15 is 0 Å². The number of carbonyl (C=O) groups is 2. The number of esters is 1. The maximum atomic E-state index is 13.4. The third-order valence-corrected chi connectivity index (χ3v) is 8.54. The summed E-state index contributed by atoms with van der Waals surface area (Å²) in [6.07, 6.45) is 1.15. The van der Waals surface area contributed by atoms with Gasteiger partial charge < -0.3 is 19.4 Å². The number of anilines is 1. The second-order valence-electron chi connectivity index (χ2n) is 10.8. The maximum absolute atomic E-state index is 13.4. The zero-order valence-electron chi connectivity index (χ0n) is 20.8. The Labute approximate surface area is 210 Å². The molecule has 0 atom stereocenters. The summed E-state index contributed by atoms with van der Waals surface area (Å²) >= 11 is 1.60. The molecule has 2 aliphatic rings. The van der Waals surface area contributed by atoms with E-state index in [0.29, 0.717) is 25.4 Å². The number of benzene rings is 2. The molecular formula is C27H33N4O3S+. The van der Waals surface area contributed by atoms with Crippen LogP contribution in [-0.4, -0.2) is 68.7 Å². The first kappa shape index (κ1) is 23.8. The van der Waals surface area contributed by atoms with Gasteiger partial charge in [0.2, 0.25) is 5.91 Å². The number of methoxy groups -OCH3 is 1. The van der Waals surface area contributed by atoms with Gasteiger partial charge in [-0.05, 0) is 42.2 Å². The van der Waals surface area contributed by atoms with Crippen LogP contribution in [0.1, 0.15) is 22.6 Å². The quantitative estimate of drug-likeness (QED) is 0.404. The van der Waals surface area contributed by atoms with E-state index in [-0.39, 0.29) is 18.3 Å². The molecule has 184 valence electrons. The van der Waals surface area contributed by atoms with E-state index in [4.69, 9.17) is 9.72 Å². The number of fused-ring (bicyclic) bond motifs is 2. The Hall–Kier alpha value is -2.97. The number of thiazole rings is 1. The summed E-state index contributed by atoms with van der Waals surface area (Å²) in [6.45, 7) is 2.44. The molecule has 1 aliphatic carbocycles. The molecule has 1 aliphatic heterocycles. The molecule has 2 heterocycles. The van der Waals surface area contributed by atoms with Crippen LogP contribution in [-0.2, 0) is 33.7 Å². The average Bonchev–Trinajstić information content (AvgIpc) is 3.36. The number of ether oxygens (including phenoxy) is 1. The molecule has 1 aromatic heterocycles. The predicted molar refractivity (Wildman–Crippen MR) is 138 cm³/mol. The van der Waals surface area contributed by atoms with Gasteiger partial charge in [-0.3, -0.25) is 9.59 Å². The molecule has 1 amide bonds. The van der Waals surface area contributed by atoms with Crippen molar-refractivity contribution in [3.63, 3.8) is 0 Å². The maximum Gasteiger partial charge on any atom is 0.306 e. The zero-order valence-corrected chi connectivity index (χ0v) is 21.7. The molecule has 8 heteroatoms. The van der Waals surface area contributed by atoms with Gasteiger partial charge in [-0.25, -0.2) is 4.98 Å². The molecule has 35 heavy (non-hydrogen) atoms. The first-order chi connectivity index (χ1) is 16.7. The van der Waals surface area contributed by atoms with Gasteiger partial charge in [0.05, 0.1) is 69.9 Å². The van der Waals surface area contributed by atoms with E-state index in [1.165, 1.54) is 12.8 Å². The first-order valence-corrected chi connectivity index (χ1v) is 12.9. The SMILES string of the molecule is COC(=O)CC1(C(=O)NCc2nc3cc(N4CC([N+](C)(C)C)C4)ccc3s2)Cc2ccccc2C1. The van der Waals surface area contributed by atoms with Gasteiger partial charge in [0.25, 0.3) is 0 Å². The van der Waals surface area contributed by atoms with E-state index in [1.807, 2.05) is 24.3 Å². The monoisotopic (exact) mass is 493 g/mol. The minimum absolute atomic E-state index is 0.0668. The fourth-order valence-corrected chi connectivity index (χ4v) is 6.03. The average molecular weight is 494 g/mol. The number of aromatic nitrogens is 1. The second kappa shape index (κ2) is 8.91. The minimum atomic E-state index is -0.819. The van der Waals surface area contributed by atoms with Crippen molar-refractivity contribution in [3.05, 3.63) is 58.6 Å². The van der Waals surface area contributed by atoms with Crippen molar-refractivity contribution in [2.75, 3.05) is 46.2 Å².